The van der Waals surface area contributed by atoms with Crippen LogP contribution in [0.3, 0.4) is 0 Å². The average Bonchev–Trinajstić information content (AvgIpc) is 3.00. The van der Waals surface area contributed by atoms with Gasteiger partial charge in [-0.3, -0.25) is 3.97 Å². The number of benzene rings is 1. The number of hydrogen-bond donors (Lipinski definition) is 1. The first kappa shape index (κ1) is 16.6. The Kier molecular flexibility index (Phi) is 4.79. The average molecular weight is 371 g/mol. The zero-order chi connectivity index (χ0) is 17.2. The van der Waals surface area contributed by atoms with E-state index in [1.54, 1.807) is 18.3 Å². The van der Waals surface area contributed by atoms with Crippen LogP contribution in [-0.2, 0) is 6.42 Å². The van der Waals surface area contributed by atoms with E-state index in [4.69, 9.17) is 11.6 Å². The van der Waals surface area contributed by atoms with Crippen LogP contribution < -0.4 is 5.32 Å². The maximum atomic E-state index is 6.16. The molecular weight excluding hydrogens is 352 g/mol. The molecule has 2 aromatic heterocycles. The SMILES string of the molecule is CNC1CCCc2c1cn(Sc1cccc(Cl)c1)c2-c1cncnc1. The van der Waals surface area contributed by atoms with Crippen molar-refractivity contribution in [2.45, 2.75) is 30.2 Å². The van der Waals surface area contributed by atoms with E-state index in [-0.39, 0.29) is 0 Å². The molecule has 1 aliphatic rings. The van der Waals surface area contributed by atoms with Gasteiger partial charge in [0.25, 0.3) is 0 Å². The molecule has 1 unspecified atom stereocenters. The number of aromatic nitrogens is 3. The number of nitrogens with one attached hydrogen (secondary N) is 1. The molecule has 0 aliphatic heterocycles. The standard InChI is InChI=1S/C19H19ClN4S/c1-21-18-7-3-6-16-17(18)11-24(19(16)13-9-22-12-23-10-13)25-15-5-2-4-14(20)8-15/h2,4-5,8-12,18,21H,3,6-7H2,1H3. The molecule has 0 amide bonds. The largest absolute Gasteiger partial charge is 0.313 e. The van der Waals surface area contributed by atoms with Crippen LogP contribution in [-0.4, -0.2) is 21.0 Å². The predicted molar refractivity (Wildman–Crippen MR) is 103 cm³/mol. The first-order valence-corrected chi connectivity index (χ1v) is 9.52. The van der Waals surface area contributed by atoms with Gasteiger partial charge in [-0.2, -0.15) is 0 Å². The number of rotatable bonds is 4. The summed E-state index contributed by atoms with van der Waals surface area (Å²) in [7, 11) is 2.03. The predicted octanol–water partition coefficient (Wildman–Crippen LogP) is 4.75. The third-order valence-electron chi connectivity index (χ3n) is 4.59. The fraction of sp³-hybridized carbons (Fsp3) is 0.263. The van der Waals surface area contributed by atoms with Crippen molar-refractivity contribution in [1.29, 1.82) is 0 Å². The smallest absolute Gasteiger partial charge is 0.115 e. The summed E-state index contributed by atoms with van der Waals surface area (Å²) in [6.07, 6.45) is 11.0. The molecule has 0 saturated heterocycles. The van der Waals surface area contributed by atoms with Crippen molar-refractivity contribution < 1.29 is 0 Å². The molecule has 2 heterocycles. The zero-order valence-corrected chi connectivity index (χ0v) is 15.5. The van der Waals surface area contributed by atoms with E-state index >= 15 is 0 Å². The van der Waals surface area contributed by atoms with E-state index < -0.39 is 0 Å². The van der Waals surface area contributed by atoms with E-state index in [0.717, 1.165) is 21.9 Å². The molecule has 1 aliphatic carbocycles. The van der Waals surface area contributed by atoms with E-state index in [2.05, 4.69) is 31.5 Å². The molecular formula is C19H19ClN4S. The third-order valence-corrected chi connectivity index (χ3v) is 5.77. The second kappa shape index (κ2) is 7.20. The van der Waals surface area contributed by atoms with Crippen LogP contribution in [0.25, 0.3) is 11.3 Å². The molecule has 1 N–H and O–H groups in total. The highest BCUT2D eigenvalue weighted by Crippen LogP contribution is 2.40. The molecule has 4 nitrogen and oxygen atoms in total. The Morgan fingerprint density at radius 1 is 1.28 bits per heavy atom. The van der Waals surface area contributed by atoms with E-state index in [9.17, 15) is 0 Å². The van der Waals surface area contributed by atoms with Crippen molar-refractivity contribution in [2.75, 3.05) is 7.05 Å². The van der Waals surface area contributed by atoms with Gasteiger partial charge in [0, 0.05) is 40.1 Å². The molecule has 0 spiro atoms. The van der Waals surface area contributed by atoms with Gasteiger partial charge in [-0.1, -0.05) is 17.7 Å². The minimum Gasteiger partial charge on any atom is -0.313 e. The van der Waals surface area contributed by atoms with E-state index in [1.807, 2.05) is 37.6 Å². The van der Waals surface area contributed by atoms with Crippen LogP contribution in [0.4, 0.5) is 0 Å². The summed E-state index contributed by atoms with van der Waals surface area (Å²) < 4.78 is 2.24. The first-order chi connectivity index (χ1) is 12.3. The molecule has 128 valence electrons. The minimum atomic E-state index is 0.397. The molecule has 0 fully saturated rings. The first-order valence-electron chi connectivity index (χ1n) is 8.37. The molecule has 1 aromatic carbocycles. The van der Waals surface area contributed by atoms with Gasteiger partial charge in [-0.15, -0.1) is 0 Å². The normalized spacial score (nSPS) is 16.6. The second-order valence-corrected chi connectivity index (χ2v) is 7.63. The van der Waals surface area contributed by atoms with E-state index in [0.29, 0.717) is 6.04 Å². The maximum Gasteiger partial charge on any atom is 0.115 e. The summed E-state index contributed by atoms with van der Waals surface area (Å²) in [5.74, 6) is 0. The summed E-state index contributed by atoms with van der Waals surface area (Å²) in [5, 5.41) is 4.20. The lowest BCUT2D eigenvalue weighted by molar-refractivity contribution is 0.499. The highest BCUT2D eigenvalue weighted by Gasteiger charge is 2.26. The summed E-state index contributed by atoms with van der Waals surface area (Å²) in [5.41, 5.74) is 5.02. The second-order valence-electron chi connectivity index (χ2n) is 6.15. The van der Waals surface area contributed by atoms with Crippen LogP contribution in [0.5, 0.6) is 0 Å². The molecule has 0 bridgehead atoms. The molecule has 25 heavy (non-hydrogen) atoms. The van der Waals surface area contributed by atoms with Gasteiger partial charge in [-0.25, -0.2) is 9.97 Å². The molecule has 0 radical (unpaired) electrons. The number of hydrogen-bond acceptors (Lipinski definition) is 4. The van der Waals surface area contributed by atoms with Crippen molar-refractivity contribution in [3.63, 3.8) is 0 Å². The highest BCUT2D eigenvalue weighted by atomic mass is 35.5. The van der Waals surface area contributed by atoms with Crippen LogP contribution in [0.15, 0.2) is 54.1 Å². The van der Waals surface area contributed by atoms with Crippen molar-refractivity contribution in [3.05, 3.63) is 65.3 Å². The van der Waals surface area contributed by atoms with Crippen molar-refractivity contribution >= 4 is 23.5 Å². The minimum absolute atomic E-state index is 0.397. The van der Waals surface area contributed by atoms with E-state index in [1.165, 1.54) is 29.7 Å². The van der Waals surface area contributed by atoms with Gasteiger partial charge in [-0.05, 0) is 67.6 Å². The lowest BCUT2D eigenvalue weighted by Crippen LogP contribution is -2.20. The van der Waals surface area contributed by atoms with Gasteiger partial charge < -0.3 is 5.32 Å². The summed E-state index contributed by atoms with van der Waals surface area (Å²) in [6.45, 7) is 0. The van der Waals surface area contributed by atoms with Crippen LogP contribution >= 0.6 is 23.5 Å². The fourth-order valence-corrected chi connectivity index (χ4v) is 4.75. The van der Waals surface area contributed by atoms with Gasteiger partial charge in [0.1, 0.15) is 6.33 Å². The van der Waals surface area contributed by atoms with Crippen LogP contribution in [0.1, 0.15) is 30.0 Å². The monoisotopic (exact) mass is 370 g/mol. The van der Waals surface area contributed by atoms with Crippen LogP contribution in [0, 0.1) is 0 Å². The van der Waals surface area contributed by atoms with Crippen molar-refractivity contribution in [2.24, 2.45) is 0 Å². The van der Waals surface area contributed by atoms with Gasteiger partial charge >= 0.3 is 0 Å². The van der Waals surface area contributed by atoms with Gasteiger partial charge in [0.2, 0.25) is 0 Å². The summed E-state index contributed by atoms with van der Waals surface area (Å²) in [6, 6.07) is 8.35. The third kappa shape index (κ3) is 3.32. The lowest BCUT2D eigenvalue weighted by atomic mass is 9.89. The van der Waals surface area contributed by atoms with Gasteiger partial charge in [0.15, 0.2) is 0 Å². The quantitative estimate of drug-likeness (QED) is 0.719. The van der Waals surface area contributed by atoms with Crippen molar-refractivity contribution in [3.8, 4) is 11.3 Å². The molecule has 3 aromatic rings. The Morgan fingerprint density at radius 3 is 2.88 bits per heavy atom. The number of halogens is 1. The Balaban J connectivity index is 1.83. The number of nitrogens with zero attached hydrogens (tertiary/aromatic N) is 3. The lowest BCUT2D eigenvalue weighted by Gasteiger charge is -2.22. The number of fused-ring (bicyclic) bond motifs is 1. The van der Waals surface area contributed by atoms with Crippen molar-refractivity contribution in [1.82, 2.24) is 19.3 Å². The molecule has 1 atom stereocenters. The molecule has 0 saturated carbocycles. The summed E-state index contributed by atoms with van der Waals surface area (Å²) >= 11 is 7.84. The molecule has 6 heteroatoms. The Morgan fingerprint density at radius 2 is 2.12 bits per heavy atom. The Hall–Kier alpha value is -1.82. The topological polar surface area (TPSA) is 42.7 Å². The summed E-state index contributed by atoms with van der Waals surface area (Å²) in [4.78, 5) is 9.55. The Bertz CT molecular complexity index is 878. The van der Waals surface area contributed by atoms with Gasteiger partial charge in [0.05, 0.1) is 5.69 Å². The fourth-order valence-electron chi connectivity index (χ4n) is 3.47. The zero-order valence-electron chi connectivity index (χ0n) is 13.9. The highest BCUT2D eigenvalue weighted by molar-refractivity contribution is 7.98. The molecule has 4 rings (SSSR count). The van der Waals surface area contributed by atoms with Crippen LogP contribution in [0.2, 0.25) is 5.02 Å². The maximum absolute atomic E-state index is 6.16. The Labute approximate surface area is 156 Å².